The molecule has 0 radical (unpaired) electrons. The van der Waals surface area contributed by atoms with Crippen molar-refractivity contribution >= 4 is 5.91 Å². The van der Waals surface area contributed by atoms with Crippen LogP contribution in [0.25, 0.3) is 0 Å². The molecule has 1 saturated heterocycles. The van der Waals surface area contributed by atoms with Crippen LogP contribution in [0.4, 0.5) is 0 Å². The zero-order valence-electron chi connectivity index (χ0n) is 14.4. The number of hydrogen-bond acceptors (Lipinski definition) is 4. The smallest absolute Gasteiger partial charge is 0.253 e. The number of hydrogen-bond donors (Lipinski definition) is 2. The average molecular weight is 305 g/mol. The summed E-state index contributed by atoms with van der Waals surface area (Å²) in [6, 6.07) is 3.65. The number of ether oxygens (including phenoxy) is 1. The van der Waals surface area contributed by atoms with Crippen LogP contribution < -0.4 is 15.4 Å². The fourth-order valence-electron chi connectivity index (χ4n) is 3.58. The summed E-state index contributed by atoms with van der Waals surface area (Å²) in [5, 5.41) is 6.79. The molecule has 0 bridgehead atoms. The standard InChI is InChI=1S/C17H27N3O2/c1-11-13(7-8-14(18-11)22-6)15(21)19-12-9-16(2,3)20-17(4,5)10-12/h7-8,12,20H,9-10H2,1-6H3,(H,19,21). The van der Waals surface area contributed by atoms with Crippen LogP contribution in [0.2, 0.25) is 0 Å². The summed E-state index contributed by atoms with van der Waals surface area (Å²) in [5.74, 6) is 0.462. The van der Waals surface area contributed by atoms with Crippen LogP contribution in [0, 0.1) is 6.92 Å². The lowest BCUT2D eigenvalue weighted by Gasteiger charge is -2.46. The normalized spacial score (nSPS) is 20.5. The number of pyridine rings is 1. The molecule has 2 heterocycles. The van der Waals surface area contributed by atoms with E-state index in [1.807, 2.05) is 6.92 Å². The van der Waals surface area contributed by atoms with Gasteiger partial charge in [0, 0.05) is 23.2 Å². The Balaban J connectivity index is 2.11. The first-order chi connectivity index (χ1) is 10.1. The van der Waals surface area contributed by atoms with Crippen molar-refractivity contribution in [1.29, 1.82) is 0 Å². The zero-order valence-corrected chi connectivity index (χ0v) is 14.4. The van der Waals surface area contributed by atoms with E-state index >= 15 is 0 Å². The number of amides is 1. The molecule has 1 aromatic rings. The van der Waals surface area contributed by atoms with Crippen molar-refractivity contribution in [2.75, 3.05) is 7.11 Å². The molecule has 0 aliphatic carbocycles. The van der Waals surface area contributed by atoms with Gasteiger partial charge in [-0.2, -0.15) is 0 Å². The van der Waals surface area contributed by atoms with Gasteiger partial charge in [-0.05, 0) is 53.5 Å². The molecule has 5 nitrogen and oxygen atoms in total. The molecular weight excluding hydrogens is 278 g/mol. The van der Waals surface area contributed by atoms with E-state index in [4.69, 9.17) is 4.74 Å². The maximum absolute atomic E-state index is 12.5. The van der Waals surface area contributed by atoms with Gasteiger partial charge in [0.2, 0.25) is 5.88 Å². The monoisotopic (exact) mass is 305 g/mol. The van der Waals surface area contributed by atoms with Gasteiger partial charge in [0.15, 0.2) is 0 Å². The Hall–Kier alpha value is -1.62. The number of nitrogens with zero attached hydrogens (tertiary/aromatic N) is 1. The number of carbonyl (C=O) groups excluding carboxylic acids is 1. The van der Waals surface area contributed by atoms with Crippen molar-refractivity contribution in [1.82, 2.24) is 15.6 Å². The summed E-state index contributed by atoms with van der Waals surface area (Å²) in [4.78, 5) is 16.8. The van der Waals surface area contributed by atoms with E-state index < -0.39 is 0 Å². The summed E-state index contributed by atoms with van der Waals surface area (Å²) in [6.07, 6.45) is 1.82. The Bertz CT molecular complexity index is 551. The Morgan fingerprint density at radius 1 is 1.27 bits per heavy atom. The van der Waals surface area contributed by atoms with Gasteiger partial charge in [-0.25, -0.2) is 4.98 Å². The summed E-state index contributed by atoms with van der Waals surface area (Å²) in [6.45, 7) is 10.5. The van der Waals surface area contributed by atoms with E-state index in [1.54, 1.807) is 19.2 Å². The van der Waals surface area contributed by atoms with Crippen LogP contribution in [0.15, 0.2) is 12.1 Å². The van der Waals surface area contributed by atoms with Crippen molar-refractivity contribution < 1.29 is 9.53 Å². The van der Waals surface area contributed by atoms with E-state index in [2.05, 4.69) is 43.3 Å². The summed E-state index contributed by atoms with van der Waals surface area (Å²) in [5.41, 5.74) is 1.30. The second-order valence-electron chi connectivity index (χ2n) is 7.46. The minimum Gasteiger partial charge on any atom is -0.481 e. The van der Waals surface area contributed by atoms with Crippen molar-refractivity contribution in [3.8, 4) is 5.88 Å². The maximum atomic E-state index is 12.5. The average Bonchev–Trinajstić information content (AvgIpc) is 2.34. The molecule has 0 aromatic carbocycles. The van der Waals surface area contributed by atoms with Gasteiger partial charge in [0.05, 0.1) is 18.4 Å². The van der Waals surface area contributed by atoms with Crippen LogP contribution in [-0.2, 0) is 0 Å². The highest BCUT2D eigenvalue weighted by Crippen LogP contribution is 2.28. The van der Waals surface area contributed by atoms with Crippen LogP contribution in [0.5, 0.6) is 5.88 Å². The molecule has 22 heavy (non-hydrogen) atoms. The number of nitrogens with one attached hydrogen (secondary N) is 2. The van der Waals surface area contributed by atoms with Gasteiger partial charge in [-0.3, -0.25) is 4.79 Å². The molecule has 0 saturated carbocycles. The Morgan fingerprint density at radius 3 is 2.36 bits per heavy atom. The second kappa shape index (κ2) is 5.88. The first-order valence-electron chi connectivity index (χ1n) is 7.74. The summed E-state index contributed by atoms with van der Waals surface area (Å²) in [7, 11) is 1.57. The Labute approximate surface area is 132 Å². The Morgan fingerprint density at radius 2 is 1.86 bits per heavy atom. The number of carbonyl (C=O) groups is 1. The number of methoxy groups -OCH3 is 1. The van der Waals surface area contributed by atoms with E-state index in [1.165, 1.54) is 0 Å². The van der Waals surface area contributed by atoms with Crippen LogP contribution in [-0.4, -0.2) is 35.1 Å². The Kier molecular flexibility index (Phi) is 4.47. The summed E-state index contributed by atoms with van der Waals surface area (Å²) >= 11 is 0. The number of rotatable bonds is 3. The third-order valence-electron chi connectivity index (χ3n) is 4.04. The third kappa shape index (κ3) is 3.97. The van der Waals surface area contributed by atoms with Gasteiger partial charge in [-0.1, -0.05) is 0 Å². The topological polar surface area (TPSA) is 63.2 Å². The van der Waals surface area contributed by atoms with Crippen LogP contribution >= 0.6 is 0 Å². The first-order valence-corrected chi connectivity index (χ1v) is 7.74. The zero-order chi connectivity index (χ0) is 16.5. The molecule has 0 spiro atoms. The highest BCUT2D eigenvalue weighted by atomic mass is 16.5. The van der Waals surface area contributed by atoms with Crippen molar-refractivity contribution in [2.24, 2.45) is 0 Å². The third-order valence-corrected chi connectivity index (χ3v) is 4.04. The number of piperidine rings is 1. The molecule has 1 aromatic heterocycles. The number of aryl methyl sites for hydroxylation is 1. The van der Waals surface area contributed by atoms with E-state index in [-0.39, 0.29) is 23.0 Å². The minimum atomic E-state index is -0.0637. The largest absolute Gasteiger partial charge is 0.481 e. The first kappa shape index (κ1) is 16.7. The molecular formula is C17H27N3O2. The molecule has 122 valence electrons. The van der Waals surface area contributed by atoms with Gasteiger partial charge in [0.25, 0.3) is 5.91 Å². The molecule has 2 rings (SSSR count). The van der Waals surface area contributed by atoms with Gasteiger partial charge in [0.1, 0.15) is 0 Å². The molecule has 1 aliphatic rings. The lowest BCUT2D eigenvalue weighted by atomic mass is 9.79. The van der Waals surface area contributed by atoms with Crippen LogP contribution in [0.3, 0.4) is 0 Å². The van der Waals surface area contributed by atoms with Crippen LogP contribution in [0.1, 0.15) is 56.6 Å². The lowest BCUT2D eigenvalue weighted by molar-refractivity contribution is 0.0872. The predicted molar refractivity (Wildman–Crippen MR) is 87.3 cm³/mol. The molecule has 1 fully saturated rings. The quantitative estimate of drug-likeness (QED) is 0.900. The fourth-order valence-corrected chi connectivity index (χ4v) is 3.58. The second-order valence-corrected chi connectivity index (χ2v) is 7.46. The van der Waals surface area contributed by atoms with Crippen molar-refractivity contribution in [2.45, 2.75) is 64.6 Å². The molecule has 0 unspecified atom stereocenters. The molecule has 0 atom stereocenters. The van der Waals surface area contributed by atoms with Gasteiger partial charge >= 0.3 is 0 Å². The van der Waals surface area contributed by atoms with E-state index in [0.29, 0.717) is 17.1 Å². The molecule has 1 amide bonds. The summed E-state index contributed by atoms with van der Waals surface area (Å²) < 4.78 is 5.08. The van der Waals surface area contributed by atoms with Crippen molar-refractivity contribution in [3.63, 3.8) is 0 Å². The highest BCUT2D eigenvalue weighted by molar-refractivity contribution is 5.95. The minimum absolute atomic E-state index is 0.00684. The fraction of sp³-hybridized carbons (Fsp3) is 0.647. The van der Waals surface area contributed by atoms with Gasteiger partial charge < -0.3 is 15.4 Å². The van der Waals surface area contributed by atoms with Crippen molar-refractivity contribution in [3.05, 3.63) is 23.4 Å². The van der Waals surface area contributed by atoms with E-state index in [0.717, 1.165) is 12.8 Å². The molecule has 5 heteroatoms. The number of aromatic nitrogens is 1. The lowest BCUT2D eigenvalue weighted by Crippen LogP contribution is -2.62. The molecule has 2 N–H and O–H groups in total. The maximum Gasteiger partial charge on any atom is 0.253 e. The molecule has 1 aliphatic heterocycles. The van der Waals surface area contributed by atoms with E-state index in [9.17, 15) is 4.79 Å². The highest BCUT2D eigenvalue weighted by Gasteiger charge is 2.38. The predicted octanol–water partition coefficient (Wildman–Crippen LogP) is 2.44. The SMILES string of the molecule is COc1ccc(C(=O)NC2CC(C)(C)NC(C)(C)C2)c(C)n1. The van der Waals surface area contributed by atoms with Gasteiger partial charge in [-0.15, -0.1) is 0 Å².